The van der Waals surface area contributed by atoms with E-state index in [2.05, 4.69) is 10.6 Å². The fourth-order valence-electron chi connectivity index (χ4n) is 2.23. The summed E-state index contributed by atoms with van der Waals surface area (Å²) in [5.41, 5.74) is -0.502. The van der Waals surface area contributed by atoms with Crippen LogP contribution in [0.15, 0.2) is 18.2 Å². The van der Waals surface area contributed by atoms with Crippen molar-refractivity contribution in [1.82, 2.24) is 5.32 Å². The van der Waals surface area contributed by atoms with Gasteiger partial charge in [0.05, 0.1) is 21.2 Å². The van der Waals surface area contributed by atoms with Crippen LogP contribution in [-0.4, -0.2) is 22.9 Å². The molecule has 1 aliphatic rings. The highest BCUT2D eigenvalue weighted by atomic mass is 35.5. The van der Waals surface area contributed by atoms with Crippen molar-refractivity contribution in [1.29, 1.82) is 0 Å². The van der Waals surface area contributed by atoms with Gasteiger partial charge in [0.25, 0.3) is 5.69 Å². The van der Waals surface area contributed by atoms with E-state index in [1.807, 2.05) is 6.92 Å². The average molecular weight is 298 g/mol. The molecule has 0 saturated carbocycles. The molecule has 1 unspecified atom stereocenters. The smallest absolute Gasteiger partial charge is 0.271 e. The van der Waals surface area contributed by atoms with Crippen molar-refractivity contribution in [3.63, 3.8) is 0 Å². The summed E-state index contributed by atoms with van der Waals surface area (Å²) >= 11 is 5.97. The van der Waals surface area contributed by atoms with Gasteiger partial charge in [-0.05, 0) is 38.8 Å². The van der Waals surface area contributed by atoms with Gasteiger partial charge in [-0.2, -0.15) is 0 Å². The van der Waals surface area contributed by atoms with Crippen LogP contribution in [0, 0.1) is 10.1 Å². The molecule has 1 fully saturated rings. The summed E-state index contributed by atoms with van der Waals surface area (Å²) in [6.07, 6.45) is 2.74. The molecule has 2 rings (SSSR count). The van der Waals surface area contributed by atoms with Crippen LogP contribution in [0.4, 0.5) is 11.4 Å². The first kappa shape index (κ1) is 14.7. The Labute approximate surface area is 121 Å². The van der Waals surface area contributed by atoms with Gasteiger partial charge in [-0.25, -0.2) is 0 Å². The summed E-state index contributed by atoms with van der Waals surface area (Å²) in [5.74, 6) is -0.223. The number of hydrogen-bond donors (Lipinski definition) is 2. The quantitative estimate of drug-likeness (QED) is 0.663. The Morgan fingerprint density at radius 2 is 2.25 bits per heavy atom. The second kappa shape index (κ2) is 5.76. The number of nitrogens with one attached hydrogen (secondary N) is 2. The third-order valence-electron chi connectivity index (χ3n) is 3.53. The van der Waals surface area contributed by atoms with Gasteiger partial charge in [0, 0.05) is 12.1 Å². The molecule has 1 heterocycles. The number of hydrogen-bond acceptors (Lipinski definition) is 4. The molecule has 1 aliphatic heterocycles. The van der Waals surface area contributed by atoms with Crippen LogP contribution < -0.4 is 10.6 Å². The van der Waals surface area contributed by atoms with Gasteiger partial charge in [0.2, 0.25) is 5.91 Å². The number of nitro groups is 1. The molecule has 108 valence electrons. The van der Waals surface area contributed by atoms with Gasteiger partial charge < -0.3 is 10.6 Å². The fraction of sp³-hybridized carbons (Fsp3) is 0.462. The molecule has 1 aromatic carbocycles. The Balaban J connectivity index is 2.18. The van der Waals surface area contributed by atoms with Crippen molar-refractivity contribution in [3.05, 3.63) is 33.3 Å². The molecule has 1 saturated heterocycles. The van der Waals surface area contributed by atoms with Gasteiger partial charge in [-0.15, -0.1) is 0 Å². The van der Waals surface area contributed by atoms with E-state index in [9.17, 15) is 14.9 Å². The summed E-state index contributed by atoms with van der Waals surface area (Å²) in [6, 6.07) is 3.98. The Morgan fingerprint density at radius 3 is 2.85 bits per heavy atom. The van der Waals surface area contributed by atoms with Gasteiger partial charge in [-0.3, -0.25) is 14.9 Å². The number of halogens is 1. The van der Waals surface area contributed by atoms with E-state index in [0.717, 1.165) is 25.8 Å². The summed E-state index contributed by atoms with van der Waals surface area (Å²) in [7, 11) is 0. The van der Waals surface area contributed by atoms with Crippen LogP contribution in [0.25, 0.3) is 0 Å². The maximum atomic E-state index is 12.3. The molecule has 6 nitrogen and oxygen atoms in total. The molecule has 7 heteroatoms. The van der Waals surface area contributed by atoms with Gasteiger partial charge in [0.15, 0.2) is 0 Å². The Hall–Kier alpha value is -1.66. The number of nitrogens with zero attached hydrogens (tertiary/aromatic N) is 1. The van der Waals surface area contributed by atoms with Crippen molar-refractivity contribution < 1.29 is 9.72 Å². The van der Waals surface area contributed by atoms with Crippen LogP contribution >= 0.6 is 11.6 Å². The van der Waals surface area contributed by atoms with E-state index in [0.29, 0.717) is 0 Å². The standard InChI is InChI=1S/C13H16ClN3O3/c1-13(6-2-3-7-15-13)12(18)16-11-8-9(17(19)20)4-5-10(11)14/h4-5,8,15H,2-3,6-7H2,1H3,(H,16,18). The molecule has 20 heavy (non-hydrogen) atoms. The van der Waals surface area contributed by atoms with Crippen molar-refractivity contribution >= 4 is 28.9 Å². The topological polar surface area (TPSA) is 84.3 Å². The van der Waals surface area contributed by atoms with E-state index in [1.165, 1.54) is 18.2 Å². The first-order valence-corrected chi connectivity index (χ1v) is 6.80. The Morgan fingerprint density at radius 1 is 1.50 bits per heavy atom. The summed E-state index contributed by atoms with van der Waals surface area (Å²) in [5, 5.41) is 16.9. The van der Waals surface area contributed by atoms with Crippen LogP contribution in [0.2, 0.25) is 5.02 Å². The highest BCUT2D eigenvalue weighted by molar-refractivity contribution is 6.33. The number of rotatable bonds is 3. The normalized spacial score (nSPS) is 22.3. The van der Waals surface area contributed by atoms with E-state index >= 15 is 0 Å². The lowest BCUT2D eigenvalue weighted by Crippen LogP contribution is -2.54. The second-order valence-electron chi connectivity index (χ2n) is 5.09. The SMILES string of the molecule is CC1(C(=O)Nc2cc([N+](=O)[O-])ccc2Cl)CCCCN1. The van der Waals surface area contributed by atoms with E-state index in [-0.39, 0.29) is 22.3 Å². The maximum Gasteiger partial charge on any atom is 0.271 e. The number of carbonyl (C=O) groups is 1. The predicted molar refractivity (Wildman–Crippen MR) is 77.0 cm³/mol. The molecular formula is C13H16ClN3O3. The van der Waals surface area contributed by atoms with E-state index < -0.39 is 10.5 Å². The molecule has 2 N–H and O–H groups in total. The number of amides is 1. The van der Waals surface area contributed by atoms with E-state index in [1.54, 1.807) is 0 Å². The Kier molecular flexibility index (Phi) is 4.25. The second-order valence-corrected chi connectivity index (χ2v) is 5.50. The number of non-ortho nitro benzene ring substituents is 1. The average Bonchev–Trinajstić information content (AvgIpc) is 2.41. The monoisotopic (exact) mass is 297 g/mol. The predicted octanol–water partition coefficient (Wildman–Crippen LogP) is 2.72. The molecule has 1 aromatic rings. The molecule has 0 spiro atoms. The van der Waals surface area contributed by atoms with Crippen molar-refractivity contribution in [2.75, 3.05) is 11.9 Å². The zero-order chi connectivity index (χ0) is 14.8. The van der Waals surface area contributed by atoms with Crippen molar-refractivity contribution in [2.45, 2.75) is 31.7 Å². The third kappa shape index (κ3) is 3.08. The van der Waals surface area contributed by atoms with Crippen LogP contribution in [-0.2, 0) is 4.79 Å². The number of anilines is 1. The summed E-state index contributed by atoms with van der Waals surface area (Å²) < 4.78 is 0. The van der Waals surface area contributed by atoms with Crippen LogP contribution in [0.3, 0.4) is 0 Å². The first-order chi connectivity index (χ1) is 9.42. The lowest BCUT2D eigenvalue weighted by atomic mass is 9.90. The molecule has 1 atom stereocenters. The van der Waals surface area contributed by atoms with E-state index in [4.69, 9.17) is 11.6 Å². The molecule has 0 bridgehead atoms. The minimum atomic E-state index is -0.661. The highest BCUT2D eigenvalue weighted by Gasteiger charge is 2.34. The zero-order valence-electron chi connectivity index (χ0n) is 11.1. The molecule has 0 aromatic heterocycles. The summed E-state index contributed by atoms with van der Waals surface area (Å²) in [6.45, 7) is 2.61. The molecular weight excluding hydrogens is 282 g/mol. The number of carbonyl (C=O) groups excluding carboxylic acids is 1. The third-order valence-corrected chi connectivity index (χ3v) is 3.86. The van der Waals surface area contributed by atoms with Gasteiger partial charge in [0.1, 0.15) is 0 Å². The zero-order valence-corrected chi connectivity index (χ0v) is 11.9. The number of nitro benzene ring substituents is 1. The maximum absolute atomic E-state index is 12.3. The van der Waals surface area contributed by atoms with Crippen molar-refractivity contribution in [2.24, 2.45) is 0 Å². The lowest BCUT2D eigenvalue weighted by molar-refractivity contribution is -0.384. The molecule has 0 radical (unpaired) electrons. The molecule has 0 aliphatic carbocycles. The van der Waals surface area contributed by atoms with Crippen LogP contribution in [0.5, 0.6) is 0 Å². The van der Waals surface area contributed by atoms with Gasteiger partial charge in [-0.1, -0.05) is 11.6 Å². The van der Waals surface area contributed by atoms with Crippen LogP contribution in [0.1, 0.15) is 26.2 Å². The fourth-order valence-corrected chi connectivity index (χ4v) is 2.40. The minimum Gasteiger partial charge on any atom is -0.323 e. The molecule has 1 amide bonds. The summed E-state index contributed by atoms with van der Waals surface area (Å²) in [4.78, 5) is 22.6. The Bertz CT molecular complexity index is 542. The van der Waals surface area contributed by atoms with Crippen molar-refractivity contribution in [3.8, 4) is 0 Å². The van der Waals surface area contributed by atoms with Gasteiger partial charge >= 0.3 is 0 Å². The highest BCUT2D eigenvalue weighted by Crippen LogP contribution is 2.28. The first-order valence-electron chi connectivity index (χ1n) is 6.43. The number of piperidine rings is 1. The largest absolute Gasteiger partial charge is 0.323 e. The minimum absolute atomic E-state index is 0.105. The lowest BCUT2D eigenvalue weighted by Gasteiger charge is -2.33. The number of benzene rings is 1.